The van der Waals surface area contributed by atoms with E-state index in [0.717, 1.165) is 45.5 Å². The molecule has 0 bridgehead atoms. The van der Waals surface area contributed by atoms with Gasteiger partial charge in [0.2, 0.25) is 0 Å². The first-order chi connectivity index (χ1) is 10.5. The Balaban J connectivity index is 2.47. The molecule has 0 saturated carbocycles. The molecule has 1 aliphatic carbocycles. The summed E-state index contributed by atoms with van der Waals surface area (Å²) in [5.74, 6) is 1.68. The third-order valence-electron chi connectivity index (χ3n) is 4.14. The summed E-state index contributed by atoms with van der Waals surface area (Å²) in [7, 11) is 1.71. The van der Waals surface area contributed by atoms with Crippen molar-refractivity contribution in [2.45, 2.75) is 27.7 Å². The number of benzene rings is 2. The zero-order valence-electron chi connectivity index (χ0n) is 13.8. The molecule has 2 aliphatic rings. The van der Waals surface area contributed by atoms with Crippen molar-refractivity contribution in [3.63, 3.8) is 0 Å². The van der Waals surface area contributed by atoms with Crippen LogP contribution in [0.3, 0.4) is 0 Å². The van der Waals surface area contributed by atoms with Gasteiger partial charge in [0, 0.05) is 12.6 Å². The maximum absolute atomic E-state index is 6.13. The second-order valence-electron chi connectivity index (χ2n) is 5.68. The van der Waals surface area contributed by atoms with Crippen LogP contribution in [0.1, 0.15) is 23.6 Å². The summed E-state index contributed by atoms with van der Waals surface area (Å²) in [5, 5.41) is 1.99. The normalized spacial score (nSPS) is 12.3. The van der Waals surface area contributed by atoms with E-state index in [-0.39, 0.29) is 0 Å². The van der Waals surface area contributed by atoms with E-state index in [9.17, 15) is 0 Å². The van der Waals surface area contributed by atoms with Gasteiger partial charge < -0.3 is 9.15 Å². The molecule has 1 aromatic carbocycles. The van der Waals surface area contributed by atoms with Crippen LogP contribution in [0.2, 0.25) is 0 Å². The average Bonchev–Trinajstić information content (AvgIpc) is 2.48. The smallest absolute Gasteiger partial charge is 0.140 e. The number of nitrogens with zero attached hydrogens (tertiary/aromatic N) is 1. The van der Waals surface area contributed by atoms with E-state index in [4.69, 9.17) is 9.15 Å². The largest absolute Gasteiger partial charge is 0.495 e. The van der Waals surface area contributed by atoms with Gasteiger partial charge in [-0.2, -0.15) is 0 Å². The molecule has 1 heterocycles. The molecule has 22 heavy (non-hydrogen) atoms. The molecule has 0 saturated heterocycles. The standard InChI is InChI=1S/C19H21NO2/c1-6-20-16-10-18-15(8-13(16)4)19(21-5)14-7-11(2)12(3)9-17(14)22-18/h7-10H,6H2,1-5H3/b20-16+. The van der Waals surface area contributed by atoms with Crippen LogP contribution in [-0.4, -0.2) is 13.7 Å². The Hall–Kier alpha value is -2.29. The molecule has 3 nitrogen and oxygen atoms in total. The Labute approximate surface area is 130 Å². The maximum Gasteiger partial charge on any atom is 0.140 e. The molecule has 1 aromatic rings. The third-order valence-corrected chi connectivity index (χ3v) is 4.14. The van der Waals surface area contributed by atoms with E-state index in [0.29, 0.717) is 0 Å². The van der Waals surface area contributed by atoms with Gasteiger partial charge in [0.1, 0.15) is 17.1 Å². The fourth-order valence-corrected chi connectivity index (χ4v) is 2.81. The first-order valence-electron chi connectivity index (χ1n) is 7.58. The van der Waals surface area contributed by atoms with Gasteiger partial charge in [-0.05, 0) is 62.6 Å². The quantitative estimate of drug-likeness (QED) is 0.657. The molecule has 3 rings (SSSR count). The van der Waals surface area contributed by atoms with Gasteiger partial charge >= 0.3 is 0 Å². The van der Waals surface area contributed by atoms with Crippen LogP contribution in [0.25, 0.3) is 22.3 Å². The van der Waals surface area contributed by atoms with Crippen molar-refractivity contribution in [1.29, 1.82) is 0 Å². The highest BCUT2D eigenvalue weighted by atomic mass is 16.5. The predicted octanol–water partition coefficient (Wildman–Crippen LogP) is 4.39. The molecule has 0 atom stereocenters. The van der Waals surface area contributed by atoms with Crippen LogP contribution in [0.15, 0.2) is 33.7 Å². The molecule has 0 fully saturated rings. The van der Waals surface area contributed by atoms with Crippen LogP contribution in [0.4, 0.5) is 0 Å². The van der Waals surface area contributed by atoms with Crippen molar-refractivity contribution >= 4 is 11.0 Å². The lowest BCUT2D eigenvalue weighted by Gasteiger charge is -2.15. The summed E-state index contributed by atoms with van der Waals surface area (Å²) < 4.78 is 11.8. The average molecular weight is 295 g/mol. The highest BCUT2D eigenvalue weighted by Crippen LogP contribution is 2.39. The summed E-state index contributed by atoms with van der Waals surface area (Å²) in [4.78, 5) is 4.52. The number of hydrogen-bond donors (Lipinski definition) is 0. The van der Waals surface area contributed by atoms with Gasteiger partial charge in [-0.25, -0.2) is 0 Å². The van der Waals surface area contributed by atoms with E-state index >= 15 is 0 Å². The Morgan fingerprint density at radius 2 is 1.73 bits per heavy atom. The minimum atomic E-state index is 0.759. The van der Waals surface area contributed by atoms with Crippen LogP contribution < -0.4 is 10.1 Å². The lowest BCUT2D eigenvalue weighted by Crippen LogP contribution is -2.08. The SMILES string of the molecule is CC/N=c1\cc2oc3cc(C)c(C)cc3c(OC)c-2cc1C. The Morgan fingerprint density at radius 1 is 1.00 bits per heavy atom. The van der Waals surface area contributed by atoms with Crippen molar-refractivity contribution in [3.8, 4) is 17.1 Å². The molecule has 0 spiro atoms. The monoisotopic (exact) mass is 295 g/mol. The summed E-state index contributed by atoms with van der Waals surface area (Å²) in [5.41, 5.74) is 5.41. The van der Waals surface area contributed by atoms with Crippen molar-refractivity contribution in [3.05, 3.63) is 46.3 Å². The first-order valence-corrected chi connectivity index (χ1v) is 7.58. The van der Waals surface area contributed by atoms with Gasteiger partial charge in [-0.15, -0.1) is 0 Å². The third kappa shape index (κ3) is 2.27. The molecule has 0 unspecified atom stereocenters. The van der Waals surface area contributed by atoms with Gasteiger partial charge in [0.25, 0.3) is 0 Å². The molecule has 114 valence electrons. The zero-order chi connectivity index (χ0) is 15.9. The molecular weight excluding hydrogens is 274 g/mol. The number of aryl methyl sites for hydroxylation is 3. The fraction of sp³-hybridized carbons (Fsp3) is 0.316. The fourth-order valence-electron chi connectivity index (χ4n) is 2.81. The van der Waals surface area contributed by atoms with Crippen LogP contribution in [-0.2, 0) is 0 Å². The predicted molar refractivity (Wildman–Crippen MR) is 89.7 cm³/mol. The molecule has 0 N–H and O–H groups in total. The summed E-state index contributed by atoms with van der Waals surface area (Å²) in [6.07, 6.45) is 0. The highest BCUT2D eigenvalue weighted by molar-refractivity contribution is 5.92. The second kappa shape index (κ2) is 5.48. The highest BCUT2D eigenvalue weighted by Gasteiger charge is 2.17. The number of fused-ring (bicyclic) bond motifs is 2. The lowest BCUT2D eigenvalue weighted by atomic mass is 10.0. The van der Waals surface area contributed by atoms with E-state index in [1.165, 1.54) is 11.1 Å². The van der Waals surface area contributed by atoms with E-state index in [2.05, 4.69) is 44.0 Å². The van der Waals surface area contributed by atoms with Crippen molar-refractivity contribution in [1.82, 2.24) is 0 Å². The number of hydrogen-bond acceptors (Lipinski definition) is 3. The van der Waals surface area contributed by atoms with Gasteiger partial charge in [-0.3, -0.25) is 4.99 Å². The van der Waals surface area contributed by atoms with E-state index in [1.807, 2.05) is 13.0 Å². The van der Waals surface area contributed by atoms with Crippen LogP contribution >= 0.6 is 0 Å². The molecule has 0 radical (unpaired) electrons. The van der Waals surface area contributed by atoms with Crippen molar-refractivity contribution in [2.24, 2.45) is 4.99 Å². The van der Waals surface area contributed by atoms with Crippen molar-refractivity contribution in [2.75, 3.05) is 13.7 Å². The molecule has 0 amide bonds. The zero-order valence-corrected chi connectivity index (χ0v) is 13.8. The number of ether oxygens (including phenoxy) is 1. The molecule has 3 heteroatoms. The summed E-state index contributed by atoms with van der Waals surface area (Å²) in [6.45, 7) is 9.06. The van der Waals surface area contributed by atoms with Gasteiger partial charge in [0.05, 0.1) is 23.4 Å². The minimum absolute atomic E-state index is 0.759. The molecular formula is C19H21NO2. The van der Waals surface area contributed by atoms with Crippen LogP contribution in [0.5, 0.6) is 5.75 Å². The number of rotatable bonds is 2. The minimum Gasteiger partial charge on any atom is -0.495 e. The summed E-state index contributed by atoms with van der Waals surface area (Å²) in [6, 6.07) is 8.31. The first kappa shape index (κ1) is 14.6. The van der Waals surface area contributed by atoms with E-state index in [1.54, 1.807) is 7.11 Å². The van der Waals surface area contributed by atoms with Crippen LogP contribution in [0, 0.1) is 20.8 Å². The summed E-state index contributed by atoms with van der Waals surface area (Å²) >= 11 is 0. The van der Waals surface area contributed by atoms with Crippen molar-refractivity contribution < 1.29 is 9.15 Å². The Bertz CT molecular complexity index is 890. The van der Waals surface area contributed by atoms with Gasteiger partial charge in [0.15, 0.2) is 0 Å². The Kier molecular flexibility index (Phi) is 3.65. The maximum atomic E-state index is 6.13. The second-order valence-corrected chi connectivity index (χ2v) is 5.68. The molecule has 1 aliphatic heterocycles. The lowest BCUT2D eigenvalue weighted by molar-refractivity contribution is 0.417. The Morgan fingerprint density at radius 3 is 2.41 bits per heavy atom. The topological polar surface area (TPSA) is 34.7 Å². The van der Waals surface area contributed by atoms with Gasteiger partial charge in [-0.1, -0.05) is 0 Å². The number of methoxy groups -OCH3 is 1. The van der Waals surface area contributed by atoms with E-state index < -0.39 is 0 Å². The molecule has 0 aromatic heterocycles.